The number of rotatable bonds is 4. The first-order valence-electron chi connectivity index (χ1n) is 9.85. The second-order valence-corrected chi connectivity index (χ2v) is 9.66. The van der Waals surface area contributed by atoms with E-state index in [1.54, 1.807) is 53.4 Å². The first kappa shape index (κ1) is 20.1. The van der Waals surface area contributed by atoms with Crippen molar-refractivity contribution in [3.63, 3.8) is 0 Å². The zero-order chi connectivity index (χ0) is 21.5. The largest absolute Gasteiger partial charge is 0.314 e. The van der Waals surface area contributed by atoms with E-state index in [9.17, 15) is 13.2 Å². The Morgan fingerprint density at radius 3 is 2.13 bits per heavy atom. The lowest BCUT2D eigenvalue weighted by atomic mass is 10.0. The smallest absolute Gasteiger partial charge is 0.214 e. The molecule has 0 N–H and O–H groups in total. The van der Waals surface area contributed by atoms with Crippen molar-refractivity contribution in [3.05, 3.63) is 101 Å². The minimum Gasteiger partial charge on any atom is -0.314 e. The van der Waals surface area contributed by atoms with Gasteiger partial charge in [0.25, 0.3) is 0 Å². The zero-order valence-corrected chi connectivity index (χ0v) is 18.0. The van der Waals surface area contributed by atoms with Crippen LogP contribution in [0.3, 0.4) is 0 Å². The molecule has 0 saturated heterocycles. The molecule has 0 saturated carbocycles. The van der Waals surface area contributed by atoms with Gasteiger partial charge in [-0.3, -0.25) is 4.79 Å². The van der Waals surface area contributed by atoms with Gasteiger partial charge in [0, 0.05) is 17.5 Å². The fourth-order valence-electron chi connectivity index (χ4n) is 3.52. The van der Waals surface area contributed by atoms with Gasteiger partial charge < -0.3 is 4.90 Å². The molecular formula is C25H23NO3S. The fraction of sp³-hybridized carbons (Fsp3) is 0.160. The lowest BCUT2D eigenvalue weighted by Crippen LogP contribution is -2.25. The van der Waals surface area contributed by atoms with Crippen LogP contribution in [0.1, 0.15) is 41.3 Å². The van der Waals surface area contributed by atoms with Gasteiger partial charge >= 0.3 is 0 Å². The summed E-state index contributed by atoms with van der Waals surface area (Å²) in [6, 6.07) is 21.7. The molecule has 4 nitrogen and oxygen atoms in total. The fourth-order valence-corrected chi connectivity index (χ4v) is 5.06. The Morgan fingerprint density at radius 2 is 1.50 bits per heavy atom. The molecule has 0 aliphatic carbocycles. The SMILES string of the molecule is Cc1ccc(C(=O)C2=CN(c3ccc(C(C)C)cc3)c3ccccc3S2(=O)=O)cc1. The van der Waals surface area contributed by atoms with Crippen molar-refractivity contribution in [1.29, 1.82) is 0 Å². The Morgan fingerprint density at radius 1 is 0.867 bits per heavy atom. The lowest BCUT2D eigenvalue weighted by molar-refractivity contribution is 0.104. The Labute approximate surface area is 177 Å². The maximum Gasteiger partial charge on any atom is 0.214 e. The van der Waals surface area contributed by atoms with Crippen LogP contribution in [0.5, 0.6) is 0 Å². The number of anilines is 2. The lowest BCUT2D eigenvalue weighted by Gasteiger charge is -2.29. The van der Waals surface area contributed by atoms with Crippen molar-refractivity contribution in [2.45, 2.75) is 31.6 Å². The molecule has 0 radical (unpaired) electrons. The highest BCUT2D eigenvalue weighted by Gasteiger charge is 2.35. The van der Waals surface area contributed by atoms with Crippen LogP contribution in [-0.4, -0.2) is 14.2 Å². The Balaban J connectivity index is 1.87. The standard InChI is InChI=1S/C25H23NO3S/c1-17(2)19-12-14-21(15-13-19)26-16-24(25(27)20-10-8-18(3)9-11-20)30(28,29)23-7-5-4-6-22(23)26/h4-17H,1-3H3. The number of para-hydroxylation sites is 1. The summed E-state index contributed by atoms with van der Waals surface area (Å²) in [5.41, 5.74) is 3.89. The topological polar surface area (TPSA) is 54.5 Å². The van der Waals surface area contributed by atoms with Crippen LogP contribution in [-0.2, 0) is 9.84 Å². The Kier molecular flexibility index (Phi) is 5.08. The van der Waals surface area contributed by atoms with Gasteiger partial charge in [-0.15, -0.1) is 0 Å². The molecule has 0 unspecified atom stereocenters. The number of carbonyl (C=O) groups excluding carboxylic acids is 1. The normalized spacial score (nSPS) is 14.9. The van der Waals surface area contributed by atoms with E-state index in [-0.39, 0.29) is 9.80 Å². The summed E-state index contributed by atoms with van der Waals surface area (Å²) >= 11 is 0. The summed E-state index contributed by atoms with van der Waals surface area (Å²) in [6.45, 7) is 6.16. The summed E-state index contributed by atoms with van der Waals surface area (Å²) < 4.78 is 26.6. The van der Waals surface area contributed by atoms with E-state index in [1.807, 2.05) is 31.2 Å². The molecule has 1 aliphatic heterocycles. The second kappa shape index (κ2) is 7.58. The molecule has 1 heterocycles. The summed E-state index contributed by atoms with van der Waals surface area (Å²) in [4.78, 5) is 14.9. The highest BCUT2D eigenvalue weighted by molar-refractivity contribution is 7.96. The number of nitrogens with zero attached hydrogens (tertiary/aromatic N) is 1. The van der Waals surface area contributed by atoms with Gasteiger partial charge in [-0.2, -0.15) is 0 Å². The number of hydrogen-bond acceptors (Lipinski definition) is 4. The molecule has 3 aromatic rings. The molecule has 0 spiro atoms. The van der Waals surface area contributed by atoms with Gasteiger partial charge in [0.15, 0.2) is 0 Å². The maximum atomic E-state index is 13.3. The van der Waals surface area contributed by atoms with Crippen molar-refractivity contribution >= 4 is 27.0 Å². The van der Waals surface area contributed by atoms with Crippen LogP contribution < -0.4 is 4.90 Å². The van der Waals surface area contributed by atoms with E-state index < -0.39 is 15.6 Å². The molecule has 0 aromatic heterocycles. The van der Waals surface area contributed by atoms with Crippen LogP contribution in [0, 0.1) is 6.92 Å². The van der Waals surface area contributed by atoms with E-state index in [2.05, 4.69) is 13.8 Å². The predicted molar refractivity (Wildman–Crippen MR) is 120 cm³/mol. The van der Waals surface area contributed by atoms with Gasteiger partial charge in [-0.1, -0.05) is 67.9 Å². The van der Waals surface area contributed by atoms with Crippen LogP contribution in [0.4, 0.5) is 11.4 Å². The number of carbonyl (C=O) groups is 1. The number of hydrogen-bond donors (Lipinski definition) is 0. The minimum atomic E-state index is -3.93. The molecule has 3 aromatic carbocycles. The van der Waals surface area contributed by atoms with Gasteiger partial charge in [-0.05, 0) is 42.7 Å². The number of ketones is 1. The molecular weight excluding hydrogens is 394 g/mol. The summed E-state index contributed by atoms with van der Waals surface area (Å²) in [5, 5.41) is 0. The van der Waals surface area contributed by atoms with E-state index >= 15 is 0 Å². The second-order valence-electron chi connectivity index (χ2n) is 7.78. The van der Waals surface area contributed by atoms with Crippen LogP contribution in [0.15, 0.2) is 88.8 Å². The molecule has 1 aliphatic rings. The number of benzene rings is 3. The average Bonchev–Trinajstić information content (AvgIpc) is 2.74. The Hall–Kier alpha value is -3.18. The van der Waals surface area contributed by atoms with Gasteiger partial charge in [0.05, 0.1) is 10.6 Å². The summed E-state index contributed by atoms with van der Waals surface area (Å²) in [5.74, 6) is -0.115. The van der Waals surface area contributed by atoms with E-state index in [4.69, 9.17) is 0 Å². The summed E-state index contributed by atoms with van der Waals surface area (Å²) in [6.07, 6.45) is 1.45. The average molecular weight is 418 g/mol. The number of allylic oxidation sites excluding steroid dienone is 1. The van der Waals surface area contributed by atoms with Crippen molar-refractivity contribution in [2.75, 3.05) is 4.90 Å². The van der Waals surface area contributed by atoms with E-state index in [0.717, 1.165) is 11.3 Å². The quantitative estimate of drug-likeness (QED) is 0.506. The van der Waals surface area contributed by atoms with Gasteiger partial charge in [0.2, 0.25) is 15.6 Å². The monoisotopic (exact) mass is 417 g/mol. The molecule has 4 rings (SSSR count). The first-order valence-corrected chi connectivity index (χ1v) is 11.3. The highest BCUT2D eigenvalue weighted by Crippen LogP contribution is 2.40. The maximum absolute atomic E-state index is 13.3. The van der Waals surface area contributed by atoms with E-state index in [1.165, 1.54) is 11.8 Å². The third-order valence-corrected chi connectivity index (χ3v) is 7.12. The molecule has 152 valence electrons. The minimum absolute atomic E-state index is 0.135. The molecule has 30 heavy (non-hydrogen) atoms. The van der Waals surface area contributed by atoms with Gasteiger partial charge in [-0.25, -0.2) is 8.42 Å². The molecule has 0 bridgehead atoms. The van der Waals surface area contributed by atoms with Gasteiger partial charge in [0.1, 0.15) is 4.91 Å². The zero-order valence-electron chi connectivity index (χ0n) is 17.2. The number of Topliss-reactive ketones (excluding diaryl/α,β-unsaturated/α-hetero) is 1. The first-order chi connectivity index (χ1) is 14.3. The van der Waals surface area contributed by atoms with Crippen LogP contribution in [0.25, 0.3) is 0 Å². The van der Waals surface area contributed by atoms with Crippen molar-refractivity contribution < 1.29 is 13.2 Å². The molecule has 0 fully saturated rings. The van der Waals surface area contributed by atoms with Crippen molar-refractivity contribution in [3.8, 4) is 0 Å². The van der Waals surface area contributed by atoms with Crippen LogP contribution in [0.2, 0.25) is 0 Å². The third-order valence-electron chi connectivity index (χ3n) is 5.33. The Bertz CT molecular complexity index is 1240. The van der Waals surface area contributed by atoms with Crippen molar-refractivity contribution in [2.24, 2.45) is 0 Å². The van der Waals surface area contributed by atoms with Crippen LogP contribution >= 0.6 is 0 Å². The summed E-state index contributed by atoms with van der Waals surface area (Å²) in [7, 11) is -3.93. The third kappa shape index (κ3) is 3.46. The highest BCUT2D eigenvalue weighted by atomic mass is 32.2. The molecule has 0 atom stereocenters. The van der Waals surface area contributed by atoms with E-state index in [0.29, 0.717) is 17.2 Å². The molecule has 0 amide bonds. The predicted octanol–water partition coefficient (Wildman–Crippen LogP) is 5.77. The van der Waals surface area contributed by atoms with Crippen molar-refractivity contribution in [1.82, 2.24) is 0 Å². The molecule has 5 heteroatoms. The number of aryl methyl sites for hydroxylation is 1. The number of sulfone groups is 1. The number of fused-ring (bicyclic) bond motifs is 1.